The van der Waals surface area contributed by atoms with E-state index in [9.17, 15) is 0 Å². The first kappa shape index (κ1) is 80.4. The summed E-state index contributed by atoms with van der Waals surface area (Å²) in [4.78, 5) is 30.7. The average molecular weight is 1700 g/mol. The minimum atomic E-state index is -0.379. The van der Waals surface area contributed by atoms with Gasteiger partial charge in [-0.1, -0.05) is 424 Å². The molecule has 1 fully saturated rings. The molecule has 10 heteroatoms. The standard InChI is InChI=1S/C55H35N3.C33H28BNO2.C28H19BrN2.CH4/c1-3-13-36(14-4-1)37-23-29-40(30-24-37)50-35-51(57-55(56-50)43-15-5-2-6-16-43)41-31-25-38(26-32-41)39-27-33-42(34-28-39)53-49-22-12-10-20-47(49)52-46-19-9-7-17-44(46)45-18-8-11-21-48(45)54(52)58-53;1-32(2)33(3,4)37-34(36-32)22-19-17-21(18-20-22)30-28-16-10-8-14-26(28)29-25-13-7-5-11-23(25)24-12-6-9-15-27(24)31(29)35-30;29-25-17-15-23(16-18-25)27-19-26(30-28(31-27)24-9-5-2-6-10-24)22-13-11-21(12-14-22)20-7-3-1-4-8-20;/h1-35H;5-20H,1-4H3;1-19H;1H4. The molecule has 23 rings (SSSR count). The lowest BCUT2D eigenvalue weighted by Gasteiger charge is -2.32. The van der Waals surface area contributed by atoms with Crippen molar-refractivity contribution in [2.75, 3.05) is 0 Å². The molecule has 4 aromatic heterocycles. The summed E-state index contributed by atoms with van der Waals surface area (Å²) in [7, 11) is -0.379. The summed E-state index contributed by atoms with van der Waals surface area (Å²) in [5.74, 6) is 1.43. The van der Waals surface area contributed by atoms with Crippen LogP contribution in [-0.2, 0) is 9.31 Å². The highest BCUT2D eigenvalue weighted by Gasteiger charge is 2.51. The molecule has 5 heterocycles. The van der Waals surface area contributed by atoms with Crippen LogP contribution >= 0.6 is 15.9 Å². The van der Waals surface area contributed by atoms with Gasteiger partial charge in [0.15, 0.2) is 11.6 Å². The van der Waals surface area contributed by atoms with Crippen LogP contribution in [-0.4, -0.2) is 48.2 Å². The highest BCUT2D eigenvalue weighted by molar-refractivity contribution is 9.10. The van der Waals surface area contributed by atoms with Crippen LogP contribution in [0.5, 0.6) is 0 Å². The molecule has 0 saturated carbocycles. The van der Waals surface area contributed by atoms with E-state index in [1.807, 2.05) is 72.8 Å². The minimum absolute atomic E-state index is 0. The van der Waals surface area contributed by atoms with Crippen LogP contribution in [0.2, 0.25) is 0 Å². The van der Waals surface area contributed by atoms with Gasteiger partial charge in [0.1, 0.15) is 0 Å². The van der Waals surface area contributed by atoms with Crippen LogP contribution in [0.4, 0.5) is 0 Å². The van der Waals surface area contributed by atoms with Gasteiger partial charge in [0.05, 0.1) is 56.4 Å². The van der Waals surface area contributed by atoms with Crippen molar-refractivity contribution in [3.8, 4) is 124 Å². The molecule has 606 valence electrons. The van der Waals surface area contributed by atoms with Gasteiger partial charge in [0, 0.05) is 81.3 Å². The third-order valence-corrected chi connectivity index (χ3v) is 25.3. The summed E-state index contributed by atoms with van der Waals surface area (Å²) in [5.41, 5.74) is 23.3. The first-order valence-electron chi connectivity index (χ1n) is 42.7. The molecule has 22 aromatic rings. The Hall–Kier alpha value is -15.0. The number of hydrogen-bond donors (Lipinski definition) is 0. The van der Waals surface area contributed by atoms with Gasteiger partial charge in [-0.2, -0.15) is 0 Å². The van der Waals surface area contributed by atoms with Gasteiger partial charge in [0.25, 0.3) is 0 Å². The maximum absolute atomic E-state index is 6.27. The van der Waals surface area contributed by atoms with Crippen LogP contribution in [0.1, 0.15) is 35.1 Å². The van der Waals surface area contributed by atoms with Gasteiger partial charge >= 0.3 is 7.12 Å². The molecule has 0 N–H and O–H groups in total. The number of pyridine rings is 2. The van der Waals surface area contributed by atoms with Crippen molar-refractivity contribution in [3.05, 3.63) is 429 Å². The smallest absolute Gasteiger partial charge is 0.399 e. The maximum atomic E-state index is 6.27. The zero-order valence-electron chi connectivity index (χ0n) is 69.9. The second-order valence-corrected chi connectivity index (χ2v) is 34.0. The van der Waals surface area contributed by atoms with Crippen molar-refractivity contribution in [3.63, 3.8) is 0 Å². The highest BCUT2D eigenvalue weighted by Crippen LogP contribution is 2.45. The lowest BCUT2D eigenvalue weighted by Crippen LogP contribution is -2.41. The van der Waals surface area contributed by atoms with Gasteiger partial charge in [0.2, 0.25) is 0 Å². The van der Waals surface area contributed by atoms with Crippen molar-refractivity contribution >= 4 is 115 Å². The number of aromatic nitrogens is 6. The number of nitrogens with zero attached hydrogens (tertiary/aromatic N) is 6. The fourth-order valence-electron chi connectivity index (χ4n) is 17.5. The Kier molecular flexibility index (Phi) is 21.7. The first-order valence-corrected chi connectivity index (χ1v) is 43.5. The van der Waals surface area contributed by atoms with Crippen molar-refractivity contribution in [2.24, 2.45) is 0 Å². The third kappa shape index (κ3) is 15.7. The van der Waals surface area contributed by atoms with Gasteiger partial charge in [-0.3, -0.25) is 0 Å². The Labute approximate surface area is 747 Å². The van der Waals surface area contributed by atoms with E-state index in [1.165, 1.54) is 86.9 Å². The molecular formula is C117H86BBrN6O2. The molecular weight excluding hydrogens is 1610 g/mol. The molecule has 127 heavy (non-hydrogen) atoms. The molecule has 0 bridgehead atoms. The largest absolute Gasteiger partial charge is 0.494 e. The summed E-state index contributed by atoms with van der Waals surface area (Å²) in [6, 6.07) is 149. The Bertz CT molecular complexity index is 7830. The van der Waals surface area contributed by atoms with E-state index < -0.39 is 0 Å². The first-order chi connectivity index (χ1) is 61.8. The predicted octanol–water partition coefficient (Wildman–Crippen LogP) is 30.7. The molecule has 1 aliphatic heterocycles. The summed E-state index contributed by atoms with van der Waals surface area (Å²) >= 11 is 3.51. The van der Waals surface area contributed by atoms with E-state index in [1.54, 1.807) is 0 Å². The number of benzene rings is 18. The zero-order chi connectivity index (χ0) is 84.8. The second-order valence-electron chi connectivity index (χ2n) is 33.1. The Morgan fingerprint density at radius 2 is 0.433 bits per heavy atom. The number of hydrogen-bond acceptors (Lipinski definition) is 8. The molecule has 1 aliphatic rings. The fourth-order valence-corrected chi connectivity index (χ4v) is 17.8. The van der Waals surface area contributed by atoms with Gasteiger partial charge in [-0.25, -0.2) is 29.9 Å². The zero-order valence-corrected chi connectivity index (χ0v) is 71.5. The van der Waals surface area contributed by atoms with Gasteiger partial charge in [-0.15, -0.1) is 0 Å². The van der Waals surface area contributed by atoms with Crippen LogP contribution in [0.3, 0.4) is 0 Å². The molecule has 0 spiro atoms. The number of fused-ring (bicyclic) bond motifs is 16. The third-order valence-electron chi connectivity index (χ3n) is 24.8. The fraction of sp³-hybridized carbons (Fsp3) is 0.0598. The molecule has 8 nitrogen and oxygen atoms in total. The second kappa shape index (κ2) is 34.2. The molecule has 18 aromatic carbocycles. The highest BCUT2D eigenvalue weighted by atomic mass is 79.9. The minimum Gasteiger partial charge on any atom is -0.399 e. The van der Waals surface area contributed by atoms with Crippen molar-refractivity contribution in [1.82, 2.24) is 29.9 Å². The monoisotopic (exact) mass is 1700 g/mol. The molecule has 0 amide bonds. The van der Waals surface area contributed by atoms with Crippen LogP contribution < -0.4 is 5.46 Å². The quantitative estimate of drug-likeness (QED) is 0.0882. The normalized spacial score (nSPS) is 12.7. The van der Waals surface area contributed by atoms with E-state index in [4.69, 9.17) is 39.2 Å². The van der Waals surface area contributed by atoms with Crippen molar-refractivity contribution < 1.29 is 9.31 Å². The maximum Gasteiger partial charge on any atom is 0.494 e. The predicted molar refractivity (Wildman–Crippen MR) is 536 cm³/mol. The van der Waals surface area contributed by atoms with Crippen molar-refractivity contribution in [1.29, 1.82) is 0 Å². The van der Waals surface area contributed by atoms with Crippen molar-refractivity contribution in [2.45, 2.75) is 46.3 Å². The summed E-state index contributed by atoms with van der Waals surface area (Å²) in [5, 5.41) is 17.0. The van der Waals surface area contributed by atoms with Crippen LogP contribution in [0.25, 0.3) is 210 Å². The lowest BCUT2D eigenvalue weighted by molar-refractivity contribution is 0.00578. The Morgan fingerprint density at radius 1 is 0.213 bits per heavy atom. The number of halogens is 1. The van der Waals surface area contributed by atoms with E-state index in [2.05, 4.69) is 395 Å². The summed E-state index contributed by atoms with van der Waals surface area (Å²) in [6.45, 7) is 8.34. The van der Waals surface area contributed by atoms with E-state index in [0.717, 1.165) is 127 Å². The van der Waals surface area contributed by atoms with Gasteiger partial charge in [-0.05, 0) is 134 Å². The molecule has 0 atom stereocenters. The number of rotatable bonds is 12. The SMILES string of the molecule is Brc1ccc(-c2cc(-c3ccc(-c4ccccc4)cc3)nc(-c3ccccc3)n2)cc1.C.CC1(C)OB(c2ccc(-c3nc4c5ccccc5c5ccccc5c4c4ccccc34)cc2)OC1(C)C.c1ccc(-c2ccc(-c3cc(-c4ccc(-c5ccc(-c6nc7c8ccccc8c8ccccc8c7c7ccccc67)cc5)cc4)nc(-c4ccccc4)n3)cc2)cc1. The van der Waals surface area contributed by atoms with Crippen LogP contribution in [0.15, 0.2) is 429 Å². The average Bonchev–Trinajstić information content (AvgIpc) is 1.22. The Morgan fingerprint density at radius 3 is 0.748 bits per heavy atom. The van der Waals surface area contributed by atoms with E-state index >= 15 is 0 Å². The molecule has 0 aliphatic carbocycles. The molecule has 0 radical (unpaired) electrons. The summed E-state index contributed by atoms with van der Waals surface area (Å²) in [6.07, 6.45) is 0. The summed E-state index contributed by atoms with van der Waals surface area (Å²) < 4.78 is 13.6. The topological polar surface area (TPSA) is 95.8 Å². The molecule has 1 saturated heterocycles. The van der Waals surface area contributed by atoms with Crippen LogP contribution in [0, 0.1) is 0 Å². The van der Waals surface area contributed by atoms with E-state index in [-0.39, 0.29) is 25.7 Å². The van der Waals surface area contributed by atoms with Gasteiger partial charge < -0.3 is 9.31 Å². The Balaban J connectivity index is 0.000000127. The lowest BCUT2D eigenvalue weighted by atomic mass is 9.78. The van der Waals surface area contributed by atoms with E-state index in [0.29, 0.717) is 5.82 Å². The molecule has 0 unspecified atom stereocenters.